The van der Waals surface area contributed by atoms with Gasteiger partial charge in [-0.25, -0.2) is 0 Å². The van der Waals surface area contributed by atoms with E-state index in [1.54, 1.807) is 0 Å². The molecule has 1 rings (SSSR count). The summed E-state index contributed by atoms with van der Waals surface area (Å²) in [5, 5.41) is 13.9. The molecule has 1 unspecified atom stereocenters. The van der Waals surface area contributed by atoms with E-state index in [1.807, 2.05) is 32.0 Å². The molecular formula is C14H21Cl2NO. The second kappa shape index (κ2) is 6.76. The molecule has 0 radical (unpaired) electrons. The SMILES string of the molecule is CCC(NCC(C)(C)CO)c1ccc(Cl)c(Cl)c1. The standard InChI is InChI=1S/C14H21Cl2NO/c1-4-13(17-8-14(2,3)9-18)10-5-6-11(15)12(16)7-10/h5-7,13,17-18H,4,8-9H2,1-3H3. The molecule has 102 valence electrons. The van der Waals surface area contributed by atoms with Gasteiger partial charge in [0.05, 0.1) is 10.0 Å². The van der Waals surface area contributed by atoms with Crippen molar-refractivity contribution in [2.24, 2.45) is 5.41 Å². The molecule has 1 atom stereocenters. The molecule has 1 aromatic rings. The summed E-state index contributed by atoms with van der Waals surface area (Å²) in [6.45, 7) is 7.09. The Morgan fingerprint density at radius 1 is 1.28 bits per heavy atom. The zero-order valence-electron chi connectivity index (χ0n) is 11.1. The largest absolute Gasteiger partial charge is 0.396 e. The van der Waals surface area contributed by atoms with E-state index in [2.05, 4.69) is 12.2 Å². The van der Waals surface area contributed by atoms with Gasteiger partial charge in [0.2, 0.25) is 0 Å². The predicted molar refractivity (Wildman–Crippen MR) is 78.4 cm³/mol. The molecule has 0 bridgehead atoms. The highest BCUT2D eigenvalue weighted by atomic mass is 35.5. The first-order valence-electron chi connectivity index (χ1n) is 6.19. The third-order valence-electron chi connectivity index (χ3n) is 3.01. The smallest absolute Gasteiger partial charge is 0.0595 e. The highest BCUT2D eigenvalue weighted by molar-refractivity contribution is 6.42. The van der Waals surface area contributed by atoms with E-state index in [9.17, 15) is 5.11 Å². The molecule has 0 heterocycles. The van der Waals surface area contributed by atoms with Crippen molar-refractivity contribution in [2.45, 2.75) is 33.2 Å². The van der Waals surface area contributed by atoms with Gasteiger partial charge in [0.25, 0.3) is 0 Å². The maximum atomic E-state index is 9.25. The van der Waals surface area contributed by atoms with Crippen LogP contribution in [0.3, 0.4) is 0 Å². The molecule has 0 aliphatic carbocycles. The summed E-state index contributed by atoms with van der Waals surface area (Å²) < 4.78 is 0. The van der Waals surface area contributed by atoms with Crippen LogP contribution >= 0.6 is 23.2 Å². The molecule has 0 saturated carbocycles. The van der Waals surface area contributed by atoms with Gasteiger partial charge >= 0.3 is 0 Å². The van der Waals surface area contributed by atoms with Gasteiger partial charge in [-0.15, -0.1) is 0 Å². The van der Waals surface area contributed by atoms with Gasteiger partial charge in [0, 0.05) is 24.6 Å². The fraction of sp³-hybridized carbons (Fsp3) is 0.571. The molecule has 4 heteroatoms. The van der Waals surface area contributed by atoms with Crippen LogP contribution in [0.25, 0.3) is 0 Å². The van der Waals surface area contributed by atoms with Gasteiger partial charge < -0.3 is 10.4 Å². The molecule has 0 aliphatic heterocycles. The summed E-state index contributed by atoms with van der Waals surface area (Å²) in [6.07, 6.45) is 0.958. The molecular weight excluding hydrogens is 269 g/mol. The van der Waals surface area contributed by atoms with Crippen LogP contribution < -0.4 is 5.32 Å². The minimum atomic E-state index is -0.121. The lowest BCUT2D eigenvalue weighted by atomic mass is 9.93. The van der Waals surface area contributed by atoms with Gasteiger partial charge in [0.15, 0.2) is 0 Å². The zero-order valence-corrected chi connectivity index (χ0v) is 12.6. The van der Waals surface area contributed by atoms with Crippen molar-refractivity contribution in [1.29, 1.82) is 0 Å². The number of hydrogen-bond donors (Lipinski definition) is 2. The van der Waals surface area contributed by atoms with Crippen molar-refractivity contribution in [3.8, 4) is 0 Å². The van der Waals surface area contributed by atoms with Crippen LogP contribution in [0.4, 0.5) is 0 Å². The molecule has 0 saturated heterocycles. The van der Waals surface area contributed by atoms with E-state index in [-0.39, 0.29) is 18.1 Å². The maximum absolute atomic E-state index is 9.25. The summed E-state index contributed by atoms with van der Waals surface area (Å²) in [4.78, 5) is 0. The molecule has 0 aliphatic rings. The van der Waals surface area contributed by atoms with Crippen LogP contribution in [0.15, 0.2) is 18.2 Å². The molecule has 2 nitrogen and oxygen atoms in total. The summed E-state index contributed by atoms with van der Waals surface area (Å²) >= 11 is 11.9. The molecule has 0 spiro atoms. The van der Waals surface area contributed by atoms with Gasteiger partial charge in [-0.2, -0.15) is 0 Å². The van der Waals surface area contributed by atoms with Gasteiger partial charge in [-0.05, 0) is 24.1 Å². The molecule has 0 aromatic heterocycles. The highest BCUT2D eigenvalue weighted by Crippen LogP contribution is 2.27. The van der Waals surface area contributed by atoms with Crippen molar-refractivity contribution in [3.63, 3.8) is 0 Å². The molecule has 18 heavy (non-hydrogen) atoms. The highest BCUT2D eigenvalue weighted by Gasteiger charge is 2.19. The minimum absolute atomic E-state index is 0.121. The number of aliphatic hydroxyl groups excluding tert-OH is 1. The monoisotopic (exact) mass is 289 g/mol. The van der Waals surface area contributed by atoms with E-state index in [0.717, 1.165) is 18.5 Å². The Balaban J connectivity index is 2.74. The molecule has 1 aromatic carbocycles. The third-order valence-corrected chi connectivity index (χ3v) is 3.75. The zero-order chi connectivity index (χ0) is 13.8. The fourth-order valence-corrected chi connectivity index (χ4v) is 1.99. The second-order valence-electron chi connectivity index (χ2n) is 5.34. The lowest BCUT2D eigenvalue weighted by Crippen LogP contribution is -2.34. The van der Waals surface area contributed by atoms with Crippen LogP contribution in [-0.2, 0) is 0 Å². The Bertz CT molecular complexity index is 393. The number of benzene rings is 1. The van der Waals surface area contributed by atoms with E-state index < -0.39 is 0 Å². The first-order valence-corrected chi connectivity index (χ1v) is 6.94. The Kier molecular flexibility index (Phi) is 5.93. The molecule has 0 fully saturated rings. The average Bonchev–Trinajstić information content (AvgIpc) is 2.34. The van der Waals surface area contributed by atoms with E-state index in [4.69, 9.17) is 23.2 Å². The van der Waals surface area contributed by atoms with Gasteiger partial charge in [0.1, 0.15) is 0 Å². The quantitative estimate of drug-likeness (QED) is 0.828. The Hall–Kier alpha value is -0.280. The third kappa shape index (κ3) is 4.43. The van der Waals surface area contributed by atoms with Crippen molar-refractivity contribution in [3.05, 3.63) is 33.8 Å². The predicted octanol–water partition coefficient (Wildman–Crippen LogP) is 4.05. The number of halogens is 2. The Morgan fingerprint density at radius 2 is 1.94 bits per heavy atom. The maximum Gasteiger partial charge on any atom is 0.0595 e. The van der Waals surface area contributed by atoms with Gasteiger partial charge in [-0.1, -0.05) is 50.0 Å². The lowest BCUT2D eigenvalue weighted by molar-refractivity contribution is 0.152. The Morgan fingerprint density at radius 3 is 2.44 bits per heavy atom. The summed E-state index contributed by atoms with van der Waals surface area (Å²) in [6, 6.07) is 5.93. The fourth-order valence-electron chi connectivity index (χ4n) is 1.68. The topological polar surface area (TPSA) is 32.3 Å². The second-order valence-corrected chi connectivity index (χ2v) is 6.15. The van der Waals surface area contributed by atoms with Gasteiger partial charge in [-0.3, -0.25) is 0 Å². The number of rotatable bonds is 6. The normalized spacial score (nSPS) is 13.7. The molecule has 0 amide bonds. The van der Waals surface area contributed by atoms with Crippen LogP contribution in [0.2, 0.25) is 10.0 Å². The number of hydrogen-bond acceptors (Lipinski definition) is 2. The summed E-state index contributed by atoms with van der Waals surface area (Å²) in [7, 11) is 0. The van der Waals surface area contributed by atoms with Crippen LogP contribution in [-0.4, -0.2) is 18.3 Å². The first-order chi connectivity index (χ1) is 8.39. The van der Waals surface area contributed by atoms with E-state index in [0.29, 0.717) is 10.0 Å². The first kappa shape index (κ1) is 15.8. The lowest BCUT2D eigenvalue weighted by Gasteiger charge is -2.26. The van der Waals surface area contributed by atoms with Crippen molar-refractivity contribution in [2.75, 3.05) is 13.2 Å². The van der Waals surface area contributed by atoms with Crippen molar-refractivity contribution >= 4 is 23.2 Å². The summed E-state index contributed by atoms with van der Waals surface area (Å²) in [5.74, 6) is 0. The number of nitrogens with one attached hydrogen (secondary N) is 1. The minimum Gasteiger partial charge on any atom is -0.396 e. The average molecular weight is 290 g/mol. The Labute approximate surface area is 119 Å². The molecule has 2 N–H and O–H groups in total. The van der Waals surface area contributed by atoms with Crippen LogP contribution in [0.1, 0.15) is 38.8 Å². The van der Waals surface area contributed by atoms with Crippen LogP contribution in [0.5, 0.6) is 0 Å². The van der Waals surface area contributed by atoms with Crippen molar-refractivity contribution in [1.82, 2.24) is 5.32 Å². The van der Waals surface area contributed by atoms with Crippen LogP contribution in [0, 0.1) is 5.41 Å². The number of aliphatic hydroxyl groups is 1. The van der Waals surface area contributed by atoms with E-state index >= 15 is 0 Å². The summed E-state index contributed by atoms with van der Waals surface area (Å²) in [5.41, 5.74) is 1.00. The van der Waals surface area contributed by atoms with Crippen molar-refractivity contribution < 1.29 is 5.11 Å². The van der Waals surface area contributed by atoms with E-state index in [1.165, 1.54) is 0 Å².